The maximum atomic E-state index is 11.7. The molecule has 0 amide bonds. The molecule has 0 saturated carbocycles. The molecule has 1 unspecified atom stereocenters. The molecule has 0 fully saturated rings. The van der Waals surface area contributed by atoms with E-state index >= 15 is 0 Å². The average molecular weight is 145 g/mol. The third kappa shape index (κ3) is 1.61. The van der Waals surface area contributed by atoms with E-state index in [0.29, 0.717) is 0 Å². The lowest BCUT2D eigenvalue weighted by atomic mass is 10.4. The maximum Gasteiger partial charge on any atom is 0.360 e. The van der Waals surface area contributed by atoms with Crippen molar-refractivity contribution in [2.24, 2.45) is 0 Å². The van der Waals surface area contributed by atoms with Gasteiger partial charge in [-0.05, 0) is 0 Å². The predicted octanol–water partition coefficient (Wildman–Crippen LogP) is 0.945. The zero-order chi connectivity index (χ0) is 6.78. The number of alkyl halides is 3. The first-order valence-corrected chi connectivity index (χ1v) is 2.05. The van der Waals surface area contributed by atoms with Crippen LogP contribution in [0.15, 0.2) is 0 Å². The second kappa shape index (κ2) is 2.26. The van der Waals surface area contributed by atoms with Crippen molar-refractivity contribution in [3.63, 3.8) is 0 Å². The number of carboxylic acid groups (broad SMARTS) is 1. The van der Waals surface area contributed by atoms with Crippen LogP contribution in [0.5, 0.6) is 0 Å². The molecule has 5 heteroatoms. The normalized spacial score (nSPS) is 17.4. The SMILES string of the molecule is O=C(O)C(F)(Cl)CF. The van der Waals surface area contributed by atoms with Crippen LogP contribution in [0.1, 0.15) is 0 Å². The van der Waals surface area contributed by atoms with Gasteiger partial charge in [0.2, 0.25) is 0 Å². The van der Waals surface area contributed by atoms with E-state index in [9.17, 15) is 13.6 Å². The van der Waals surface area contributed by atoms with E-state index in [-0.39, 0.29) is 0 Å². The van der Waals surface area contributed by atoms with Crippen LogP contribution in [0.4, 0.5) is 8.78 Å². The third-order valence-corrected chi connectivity index (χ3v) is 0.743. The fourth-order valence-electron chi connectivity index (χ4n) is 0.0572. The second-order valence-corrected chi connectivity index (χ2v) is 1.74. The first kappa shape index (κ1) is 7.62. The van der Waals surface area contributed by atoms with Crippen LogP contribution in [0, 0.1) is 0 Å². The quantitative estimate of drug-likeness (QED) is 0.586. The number of hydrogen-bond donors (Lipinski definition) is 1. The molecule has 0 heterocycles. The van der Waals surface area contributed by atoms with Gasteiger partial charge in [-0.1, -0.05) is 11.6 Å². The minimum absolute atomic E-state index is 1.72. The Bertz CT molecular complexity index is 103. The summed E-state index contributed by atoms with van der Waals surface area (Å²) in [6, 6.07) is 0. The van der Waals surface area contributed by atoms with E-state index in [1.807, 2.05) is 0 Å². The van der Waals surface area contributed by atoms with Crippen LogP contribution in [0.2, 0.25) is 0 Å². The molecule has 8 heavy (non-hydrogen) atoms. The smallest absolute Gasteiger partial charge is 0.360 e. The van der Waals surface area contributed by atoms with E-state index < -0.39 is 17.8 Å². The molecule has 0 aliphatic heterocycles. The minimum atomic E-state index is -3.24. The zero-order valence-corrected chi connectivity index (χ0v) is 4.45. The Labute approximate surface area is 49.1 Å². The van der Waals surface area contributed by atoms with E-state index in [0.717, 1.165) is 0 Å². The van der Waals surface area contributed by atoms with Gasteiger partial charge in [0.1, 0.15) is 6.67 Å². The number of carboxylic acids is 1. The van der Waals surface area contributed by atoms with Crippen molar-refractivity contribution in [1.29, 1.82) is 0 Å². The Kier molecular flexibility index (Phi) is 2.15. The monoisotopic (exact) mass is 144 g/mol. The number of rotatable bonds is 2. The summed E-state index contributed by atoms with van der Waals surface area (Å²) >= 11 is 4.41. The van der Waals surface area contributed by atoms with Crippen molar-refractivity contribution < 1.29 is 18.7 Å². The summed E-state index contributed by atoms with van der Waals surface area (Å²) in [7, 11) is 0. The van der Waals surface area contributed by atoms with Gasteiger partial charge in [-0.15, -0.1) is 0 Å². The molecule has 48 valence electrons. The Morgan fingerprint density at radius 2 is 2.25 bits per heavy atom. The Morgan fingerprint density at radius 3 is 2.25 bits per heavy atom. The highest BCUT2D eigenvalue weighted by atomic mass is 35.5. The van der Waals surface area contributed by atoms with Gasteiger partial charge in [0.15, 0.2) is 0 Å². The molecule has 0 aromatic carbocycles. The first-order valence-electron chi connectivity index (χ1n) is 1.68. The van der Waals surface area contributed by atoms with E-state index in [2.05, 4.69) is 11.6 Å². The van der Waals surface area contributed by atoms with E-state index in [1.165, 1.54) is 0 Å². The molecule has 0 aliphatic rings. The van der Waals surface area contributed by atoms with Crippen LogP contribution in [-0.2, 0) is 4.79 Å². The van der Waals surface area contributed by atoms with Crippen molar-refractivity contribution in [3.8, 4) is 0 Å². The highest BCUT2D eigenvalue weighted by molar-refractivity contribution is 6.32. The van der Waals surface area contributed by atoms with Gasteiger partial charge < -0.3 is 5.11 Å². The molecule has 2 nitrogen and oxygen atoms in total. The summed E-state index contributed by atoms with van der Waals surface area (Å²) in [6.45, 7) is -1.72. The fourth-order valence-corrected chi connectivity index (χ4v) is 0.0572. The number of carbonyl (C=O) groups is 1. The van der Waals surface area contributed by atoms with Gasteiger partial charge in [0.25, 0.3) is 0 Å². The summed E-state index contributed by atoms with van der Waals surface area (Å²) in [5.41, 5.74) is 0. The number of halogens is 3. The molecular formula is C3H3ClF2O2. The van der Waals surface area contributed by atoms with Gasteiger partial charge in [-0.2, -0.15) is 0 Å². The Balaban J connectivity index is 3.91. The summed E-state index contributed by atoms with van der Waals surface area (Å²) in [6.07, 6.45) is 0. The minimum Gasteiger partial charge on any atom is -0.478 e. The molecule has 0 bridgehead atoms. The Morgan fingerprint density at radius 1 is 1.88 bits per heavy atom. The fraction of sp³-hybridized carbons (Fsp3) is 0.667. The molecule has 0 spiro atoms. The van der Waals surface area contributed by atoms with Crippen molar-refractivity contribution >= 4 is 17.6 Å². The van der Waals surface area contributed by atoms with Gasteiger partial charge in [0, 0.05) is 0 Å². The maximum absolute atomic E-state index is 11.7. The number of aliphatic carboxylic acids is 1. The lowest BCUT2D eigenvalue weighted by Gasteiger charge is -2.04. The van der Waals surface area contributed by atoms with Crippen LogP contribution in [0.3, 0.4) is 0 Å². The highest BCUT2D eigenvalue weighted by Crippen LogP contribution is 2.16. The molecule has 1 N–H and O–H groups in total. The number of hydrogen-bond acceptors (Lipinski definition) is 1. The molecule has 0 rings (SSSR count). The second-order valence-electron chi connectivity index (χ2n) is 1.14. The molecule has 0 aromatic heterocycles. The van der Waals surface area contributed by atoms with Crippen LogP contribution < -0.4 is 0 Å². The van der Waals surface area contributed by atoms with Crippen LogP contribution in [-0.4, -0.2) is 22.9 Å². The average Bonchev–Trinajstić information content (AvgIpc) is 1.67. The van der Waals surface area contributed by atoms with Crippen molar-refractivity contribution in [2.75, 3.05) is 6.67 Å². The van der Waals surface area contributed by atoms with Gasteiger partial charge in [0.05, 0.1) is 0 Å². The van der Waals surface area contributed by atoms with Crippen molar-refractivity contribution in [3.05, 3.63) is 0 Å². The van der Waals surface area contributed by atoms with E-state index in [4.69, 9.17) is 5.11 Å². The summed E-state index contributed by atoms with van der Waals surface area (Å²) in [5.74, 6) is -2.00. The van der Waals surface area contributed by atoms with Gasteiger partial charge in [-0.25, -0.2) is 13.6 Å². The predicted molar refractivity (Wildman–Crippen MR) is 23.3 cm³/mol. The van der Waals surface area contributed by atoms with E-state index in [1.54, 1.807) is 0 Å². The van der Waals surface area contributed by atoms with Gasteiger partial charge in [-0.3, -0.25) is 0 Å². The summed E-state index contributed by atoms with van der Waals surface area (Å²) < 4.78 is 22.9. The van der Waals surface area contributed by atoms with Crippen molar-refractivity contribution in [1.82, 2.24) is 0 Å². The molecule has 0 saturated heterocycles. The summed E-state index contributed by atoms with van der Waals surface area (Å²) in [4.78, 5) is 9.51. The lowest BCUT2D eigenvalue weighted by Crippen LogP contribution is -2.28. The molecule has 1 atom stereocenters. The molecular weight excluding hydrogens is 141 g/mol. The molecule has 0 aromatic rings. The van der Waals surface area contributed by atoms with Crippen LogP contribution >= 0.6 is 11.6 Å². The standard InChI is InChI=1S/C3H3ClF2O2/c4-3(6,1-5)2(7)8/h1H2,(H,7,8). The first-order chi connectivity index (χ1) is 3.50. The third-order valence-electron chi connectivity index (χ3n) is 0.481. The summed E-state index contributed by atoms with van der Waals surface area (Å²) in [5, 5.41) is 4.46. The molecule has 0 aliphatic carbocycles. The largest absolute Gasteiger partial charge is 0.478 e. The van der Waals surface area contributed by atoms with Crippen molar-refractivity contribution in [2.45, 2.75) is 5.13 Å². The highest BCUT2D eigenvalue weighted by Gasteiger charge is 2.35. The zero-order valence-electron chi connectivity index (χ0n) is 3.70. The lowest BCUT2D eigenvalue weighted by molar-refractivity contribution is -0.146. The topological polar surface area (TPSA) is 37.3 Å². The van der Waals surface area contributed by atoms with Gasteiger partial charge >= 0.3 is 11.1 Å². The Hall–Kier alpha value is -0.380. The molecule has 0 radical (unpaired) electrons. The van der Waals surface area contributed by atoms with Crippen LogP contribution in [0.25, 0.3) is 0 Å².